The number of rotatable bonds is 9. The van der Waals surface area contributed by atoms with Crippen LogP contribution in [0.3, 0.4) is 0 Å². The van der Waals surface area contributed by atoms with Crippen LogP contribution in [0.1, 0.15) is 44.5 Å². The summed E-state index contributed by atoms with van der Waals surface area (Å²) < 4.78 is 72.9. The minimum atomic E-state index is -4.10. The molecule has 222 valence electrons. The van der Waals surface area contributed by atoms with Gasteiger partial charge in [-0.15, -0.1) is 10.2 Å². The van der Waals surface area contributed by atoms with Gasteiger partial charge in [-0.25, -0.2) is 31.6 Å². The van der Waals surface area contributed by atoms with Crippen molar-refractivity contribution in [3.05, 3.63) is 29.5 Å². The Balaban J connectivity index is 1.50. The molecule has 0 radical (unpaired) electrons. The van der Waals surface area contributed by atoms with E-state index in [4.69, 9.17) is 0 Å². The number of hydrogen-bond acceptors (Lipinski definition) is 10. The summed E-state index contributed by atoms with van der Waals surface area (Å²) in [4.78, 5) is 12.8. The topological polar surface area (TPSA) is 133 Å². The molecule has 42 heavy (non-hydrogen) atoms. The quantitative estimate of drug-likeness (QED) is 0.296. The average Bonchev–Trinajstić information content (AvgIpc) is 3.41. The Hall–Kier alpha value is -3.39. The molecular formula is C26H28F3N9O2S2. The molecule has 1 aliphatic carbocycles. The molecule has 11 nitrogen and oxygen atoms in total. The van der Waals surface area contributed by atoms with E-state index in [9.17, 15) is 22.5 Å². The number of nitrogens with one attached hydrogen (secondary N) is 1. The SMILES string of the molecule is CCN(CC)[C@@H]1CCN(c2ncnc3c2c2ccc(S(=O)(=O)NC4(C#N)CC4)cc2n3-c2nnc(C(F)F)s2)C[C@H]1F. The molecule has 0 unspecified atom stereocenters. The number of benzene rings is 1. The zero-order chi connectivity index (χ0) is 29.8. The van der Waals surface area contributed by atoms with E-state index in [1.54, 1.807) is 6.07 Å². The van der Waals surface area contributed by atoms with Crippen LogP contribution in [0.5, 0.6) is 0 Å². The molecule has 2 fully saturated rings. The van der Waals surface area contributed by atoms with Crippen molar-refractivity contribution < 1.29 is 21.6 Å². The Morgan fingerprint density at radius 2 is 2.00 bits per heavy atom. The van der Waals surface area contributed by atoms with Gasteiger partial charge in [0.15, 0.2) is 10.7 Å². The first-order valence-electron chi connectivity index (χ1n) is 13.6. The number of hydrogen-bond donors (Lipinski definition) is 1. The van der Waals surface area contributed by atoms with E-state index < -0.39 is 33.2 Å². The first-order chi connectivity index (χ1) is 20.1. The van der Waals surface area contributed by atoms with Crippen molar-refractivity contribution in [2.75, 3.05) is 31.1 Å². The van der Waals surface area contributed by atoms with Crippen LogP contribution in [0.4, 0.5) is 19.0 Å². The van der Waals surface area contributed by atoms with E-state index >= 15 is 4.39 Å². The Kier molecular flexibility index (Phi) is 7.32. The van der Waals surface area contributed by atoms with E-state index in [1.165, 1.54) is 23.0 Å². The highest BCUT2D eigenvalue weighted by Gasteiger charge is 2.47. The number of nitrogens with zero attached hydrogens (tertiary/aromatic N) is 8. The summed E-state index contributed by atoms with van der Waals surface area (Å²) in [6.07, 6.45) is -1.27. The van der Waals surface area contributed by atoms with E-state index in [-0.39, 0.29) is 22.6 Å². The largest absolute Gasteiger partial charge is 0.353 e. The molecule has 6 rings (SSSR count). The van der Waals surface area contributed by atoms with Gasteiger partial charge in [-0.1, -0.05) is 31.3 Å². The fraction of sp³-hybridized carbons (Fsp3) is 0.500. The minimum absolute atomic E-state index is 0.0664. The second-order valence-corrected chi connectivity index (χ2v) is 13.1. The van der Waals surface area contributed by atoms with Crippen LogP contribution >= 0.6 is 11.3 Å². The van der Waals surface area contributed by atoms with E-state index in [0.29, 0.717) is 64.9 Å². The number of nitriles is 1. The third-order valence-electron chi connectivity index (χ3n) is 8.00. The van der Waals surface area contributed by atoms with Crippen LogP contribution in [0, 0.1) is 11.3 Å². The van der Waals surface area contributed by atoms with Gasteiger partial charge >= 0.3 is 0 Å². The Morgan fingerprint density at radius 3 is 2.62 bits per heavy atom. The number of fused-ring (bicyclic) bond motifs is 3. The zero-order valence-electron chi connectivity index (χ0n) is 22.8. The summed E-state index contributed by atoms with van der Waals surface area (Å²) in [5, 5.41) is 17.6. The molecule has 0 spiro atoms. The summed E-state index contributed by atoms with van der Waals surface area (Å²) in [5.74, 6) is 0.457. The molecule has 2 aliphatic rings. The standard InChI is InChI=1S/C26H28F3N9O2S2/c1-3-36(4-2)18-7-10-37(12-17(18)27)22-20-16-6-5-15(42(39,40)35-26(13-30)8-9-26)11-19(16)38(23(20)32-14-31-22)25-34-33-24(41-25)21(28)29/h5-6,11,14,17-18,21,35H,3-4,7-10,12H2,1-2H3/t17-,18-/m1/s1. The van der Waals surface area contributed by atoms with Crippen LogP contribution in [0.15, 0.2) is 29.4 Å². The van der Waals surface area contributed by atoms with Crippen molar-refractivity contribution >= 4 is 49.1 Å². The lowest BCUT2D eigenvalue weighted by Crippen LogP contribution is -2.52. The third-order valence-corrected chi connectivity index (χ3v) is 10.4. The van der Waals surface area contributed by atoms with Gasteiger partial charge in [-0.05, 0) is 44.5 Å². The highest BCUT2D eigenvalue weighted by molar-refractivity contribution is 7.89. The monoisotopic (exact) mass is 619 g/mol. The Labute approximate surface area is 244 Å². The molecular weight excluding hydrogens is 591 g/mol. The van der Waals surface area contributed by atoms with Crippen LogP contribution < -0.4 is 9.62 Å². The van der Waals surface area contributed by atoms with Crippen LogP contribution in [-0.2, 0) is 10.0 Å². The van der Waals surface area contributed by atoms with E-state index in [0.717, 1.165) is 13.1 Å². The van der Waals surface area contributed by atoms with Crippen molar-refractivity contribution in [2.24, 2.45) is 0 Å². The second kappa shape index (κ2) is 10.7. The van der Waals surface area contributed by atoms with Crippen LogP contribution in [0.2, 0.25) is 0 Å². The lowest BCUT2D eigenvalue weighted by molar-refractivity contribution is 0.102. The normalized spacial score (nSPS) is 20.6. The molecule has 3 aromatic heterocycles. The first-order valence-corrected chi connectivity index (χ1v) is 15.9. The van der Waals surface area contributed by atoms with E-state index in [2.05, 4.69) is 29.8 Å². The zero-order valence-corrected chi connectivity index (χ0v) is 24.5. The summed E-state index contributed by atoms with van der Waals surface area (Å²) in [5.41, 5.74) is -0.514. The first kappa shape index (κ1) is 28.7. The van der Waals surface area contributed by atoms with Crippen molar-refractivity contribution in [3.8, 4) is 11.2 Å². The molecule has 1 saturated heterocycles. The molecule has 1 aromatic carbocycles. The number of alkyl halides is 3. The molecule has 2 atom stereocenters. The molecule has 0 amide bonds. The van der Waals surface area contributed by atoms with Gasteiger partial charge in [0.1, 0.15) is 23.9 Å². The Morgan fingerprint density at radius 1 is 1.24 bits per heavy atom. The summed E-state index contributed by atoms with van der Waals surface area (Å²) in [6.45, 7) is 6.12. The second-order valence-electron chi connectivity index (χ2n) is 10.5. The van der Waals surface area contributed by atoms with Crippen LogP contribution in [0.25, 0.3) is 27.1 Å². The maximum atomic E-state index is 15.5. The lowest BCUT2D eigenvalue weighted by Gasteiger charge is -2.40. The van der Waals surface area contributed by atoms with Gasteiger partial charge in [-0.3, -0.25) is 9.47 Å². The van der Waals surface area contributed by atoms with E-state index in [1.807, 2.05) is 24.8 Å². The fourth-order valence-electron chi connectivity index (χ4n) is 5.67. The predicted octanol–water partition coefficient (Wildman–Crippen LogP) is 3.96. The van der Waals surface area contributed by atoms with Crippen LogP contribution in [-0.4, -0.2) is 82.0 Å². The highest BCUT2D eigenvalue weighted by Crippen LogP contribution is 2.40. The van der Waals surface area contributed by atoms with Crippen molar-refractivity contribution in [2.45, 2.75) is 62.2 Å². The van der Waals surface area contributed by atoms with Gasteiger partial charge in [-0.2, -0.15) is 9.98 Å². The molecule has 1 saturated carbocycles. The number of halogens is 3. The molecule has 0 bridgehead atoms. The predicted molar refractivity (Wildman–Crippen MR) is 151 cm³/mol. The number of anilines is 1. The fourth-order valence-corrected chi connectivity index (χ4v) is 7.78. The minimum Gasteiger partial charge on any atom is -0.353 e. The smallest absolute Gasteiger partial charge is 0.291 e. The number of sulfonamides is 1. The number of aromatic nitrogens is 5. The maximum Gasteiger partial charge on any atom is 0.291 e. The third kappa shape index (κ3) is 4.87. The maximum absolute atomic E-state index is 15.5. The van der Waals surface area contributed by atoms with Gasteiger partial charge in [0.25, 0.3) is 6.43 Å². The lowest BCUT2D eigenvalue weighted by atomic mass is 10.0. The molecule has 1 aliphatic heterocycles. The van der Waals surface area contributed by atoms with Gasteiger partial charge in [0, 0.05) is 18.0 Å². The molecule has 4 heterocycles. The van der Waals surface area contributed by atoms with Crippen molar-refractivity contribution in [1.29, 1.82) is 5.26 Å². The Bertz CT molecular complexity index is 1800. The molecule has 1 N–H and O–H groups in total. The molecule has 16 heteroatoms. The average molecular weight is 620 g/mol. The van der Waals surface area contributed by atoms with Gasteiger partial charge in [0.2, 0.25) is 15.2 Å². The number of piperidine rings is 1. The van der Waals surface area contributed by atoms with Gasteiger partial charge < -0.3 is 4.90 Å². The molecule has 4 aromatic rings. The van der Waals surface area contributed by atoms with Gasteiger partial charge in [0.05, 0.1) is 28.4 Å². The highest BCUT2D eigenvalue weighted by atomic mass is 32.2. The summed E-state index contributed by atoms with van der Waals surface area (Å²) in [7, 11) is -4.10. The summed E-state index contributed by atoms with van der Waals surface area (Å²) >= 11 is 0.659. The van der Waals surface area contributed by atoms with Crippen molar-refractivity contribution in [1.82, 2.24) is 34.4 Å². The van der Waals surface area contributed by atoms with Crippen molar-refractivity contribution in [3.63, 3.8) is 0 Å². The summed E-state index contributed by atoms with van der Waals surface area (Å²) in [6, 6.07) is 6.19.